The van der Waals surface area contributed by atoms with Crippen molar-refractivity contribution in [3.8, 4) is 17.1 Å². The Hall–Kier alpha value is -3.07. The second-order valence-electron chi connectivity index (χ2n) is 6.36. The molecule has 0 N–H and O–H groups in total. The van der Waals surface area contributed by atoms with Gasteiger partial charge in [0.05, 0.1) is 5.69 Å². The molecule has 0 spiro atoms. The van der Waals surface area contributed by atoms with Gasteiger partial charge in [-0.15, -0.1) is 5.10 Å². The van der Waals surface area contributed by atoms with E-state index in [0.29, 0.717) is 18.1 Å². The molecule has 9 heteroatoms. The van der Waals surface area contributed by atoms with Crippen molar-refractivity contribution in [2.75, 3.05) is 5.75 Å². The summed E-state index contributed by atoms with van der Waals surface area (Å²) in [5, 5.41) is 17.0. The van der Waals surface area contributed by atoms with Gasteiger partial charge < -0.3 is 4.52 Å². The zero-order valence-electron chi connectivity index (χ0n) is 15.6. The van der Waals surface area contributed by atoms with Gasteiger partial charge in [-0.2, -0.15) is 9.67 Å². The van der Waals surface area contributed by atoms with Crippen molar-refractivity contribution in [1.29, 1.82) is 0 Å². The van der Waals surface area contributed by atoms with E-state index < -0.39 is 0 Å². The van der Waals surface area contributed by atoms with Crippen molar-refractivity contribution in [2.45, 2.75) is 31.8 Å². The van der Waals surface area contributed by atoms with Crippen molar-refractivity contribution in [3.05, 3.63) is 59.7 Å². The average Bonchev–Trinajstić information content (AvgIpc) is 3.37. The van der Waals surface area contributed by atoms with E-state index in [9.17, 15) is 0 Å². The van der Waals surface area contributed by atoms with Crippen molar-refractivity contribution in [1.82, 2.24) is 35.3 Å². The summed E-state index contributed by atoms with van der Waals surface area (Å²) in [5.41, 5.74) is 4.21. The molecule has 0 unspecified atom stereocenters. The highest BCUT2D eigenvalue weighted by Crippen LogP contribution is 2.23. The van der Waals surface area contributed by atoms with E-state index in [2.05, 4.69) is 62.7 Å². The number of aryl methyl sites for hydroxylation is 3. The van der Waals surface area contributed by atoms with Crippen molar-refractivity contribution in [2.24, 2.45) is 0 Å². The third-order valence-corrected chi connectivity index (χ3v) is 5.21. The Balaban J connectivity index is 1.35. The first kappa shape index (κ1) is 18.3. The van der Waals surface area contributed by atoms with Crippen molar-refractivity contribution in [3.63, 3.8) is 0 Å². The number of rotatable bonds is 7. The molecule has 0 aliphatic heterocycles. The summed E-state index contributed by atoms with van der Waals surface area (Å²) in [4.78, 5) is 8.44. The van der Waals surface area contributed by atoms with Crippen LogP contribution in [0.3, 0.4) is 0 Å². The van der Waals surface area contributed by atoms with Crippen LogP contribution in [0.15, 0.2) is 52.4 Å². The van der Waals surface area contributed by atoms with Crippen LogP contribution in [-0.2, 0) is 6.42 Å². The highest BCUT2D eigenvalue weighted by Gasteiger charge is 2.12. The lowest BCUT2D eigenvalue weighted by molar-refractivity contribution is 0.378. The number of thioether (sulfide) groups is 1. The number of hydrogen-bond donors (Lipinski definition) is 0. The zero-order chi connectivity index (χ0) is 19.3. The monoisotopic (exact) mass is 393 g/mol. The van der Waals surface area contributed by atoms with Gasteiger partial charge in [0.25, 0.3) is 0 Å². The molecule has 3 heterocycles. The molecule has 0 fully saturated rings. The molecule has 0 bridgehead atoms. The molecule has 4 aromatic rings. The number of nitrogens with zero attached hydrogens (tertiary/aromatic N) is 7. The quantitative estimate of drug-likeness (QED) is 0.348. The summed E-state index contributed by atoms with van der Waals surface area (Å²) in [7, 11) is 0. The van der Waals surface area contributed by atoms with E-state index in [1.165, 1.54) is 5.56 Å². The lowest BCUT2D eigenvalue weighted by Gasteiger charge is -2.08. The smallest absolute Gasteiger partial charge is 0.226 e. The largest absolute Gasteiger partial charge is 0.339 e. The summed E-state index contributed by atoms with van der Waals surface area (Å²) >= 11 is 1.61. The normalized spacial score (nSPS) is 11.1. The first-order chi connectivity index (χ1) is 13.7. The van der Waals surface area contributed by atoms with Gasteiger partial charge in [-0.1, -0.05) is 29.1 Å². The molecule has 1 aromatic carbocycles. The van der Waals surface area contributed by atoms with E-state index in [4.69, 9.17) is 4.52 Å². The van der Waals surface area contributed by atoms with Crippen molar-refractivity contribution >= 4 is 11.8 Å². The van der Waals surface area contributed by atoms with Crippen LogP contribution < -0.4 is 0 Å². The molecule has 142 valence electrons. The molecule has 28 heavy (non-hydrogen) atoms. The number of benzene rings is 1. The molecule has 3 aromatic heterocycles. The van der Waals surface area contributed by atoms with Crippen LogP contribution in [0.4, 0.5) is 0 Å². The number of hydrogen-bond acceptors (Lipinski definition) is 8. The Bertz CT molecular complexity index is 1060. The summed E-state index contributed by atoms with van der Waals surface area (Å²) in [6.07, 6.45) is 5.00. The Morgan fingerprint density at radius 3 is 2.82 bits per heavy atom. The summed E-state index contributed by atoms with van der Waals surface area (Å²) in [6.45, 7) is 4.12. The van der Waals surface area contributed by atoms with Crippen LogP contribution >= 0.6 is 11.8 Å². The molecular weight excluding hydrogens is 374 g/mol. The molecule has 0 saturated carbocycles. The number of aromatic nitrogens is 7. The van der Waals surface area contributed by atoms with Gasteiger partial charge in [0.2, 0.25) is 16.9 Å². The zero-order valence-corrected chi connectivity index (χ0v) is 16.4. The van der Waals surface area contributed by atoms with E-state index in [0.717, 1.165) is 34.1 Å². The molecule has 0 atom stereocenters. The topological polar surface area (TPSA) is 95.4 Å². The van der Waals surface area contributed by atoms with E-state index >= 15 is 0 Å². The van der Waals surface area contributed by atoms with Gasteiger partial charge in [-0.05, 0) is 60.0 Å². The lowest BCUT2D eigenvalue weighted by Crippen LogP contribution is -2.02. The van der Waals surface area contributed by atoms with Gasteiger partial charge in [-0.25, -0.2) is 0 Å². The van der Waals surface area contributed by atoms with Crippen LogP contribution in [0.1, 0.15) is 23.4 Å². The maximum absolute atomic E-state index is 5.34. The second-order valence-corrected chi connectivity index (χ2v) is 7.42. The maximum Gasteiger partial charge on any atom is 0.226 e. The SMILES string of the molecule is Cc1ccc(C)c(-n2nnnc2SCCCc2nc(-c3ccncc3)no2)c1. The first-order valence-electron chi connectivity index (χ1n) is 8.92. The van der Waals surface area contributed by atoms with Gasteiger partial charge in [0.15, 0.2) is 0 Å². The van der Waals surface area contributed by atoms with Crippen LogP contribution in [0.25, 0.3) is 17.1 Å². The highest BCUT2D eigenvalue weighted by molar-refractivity contribution is 7.99. The maximum atomic E-state index is 5.34. The summed E-state index contributed by atoms with van der Waals surface area (Å²) < 4.78 is 7.13. The number of tetrazole rings is 1. The Morgan fingerprint density at radius 2 is 1.96 bits per heavy atom. The number of pyridine rings is 1. The predicted molar refractivity (Wildman–Crippen MR) is 105 cm³/mol. The molecule has 0 radical (unpaired) electrons. The van der Waals surface area contributed by atoms with Crippen LogP contribution in [0.5, 0.6) is 0 Å². The molecule has 0 saturated heterocycles. The fourth-order valence-electron chi connectivity index (χ4n) is 2.73. The van der Waals surface area contributed by atoms with Gasteiger partial charge in [0.1, 0.15) is 0 Å². The first-order valence-corrected chi connectivity index (χ1v) is 9.91. The van der Waals surface area contributed by atoms with Gasteiger partial charge in [-0.3, -0.25) is 4.98 Å². The molecular formula is C19H19N7OS. The molecule has 0 aliphatic rings. The highest BCUT2D eigenvalue weighted by atomic mass is 32.2. The minimum absolute atomic E-state index is 0.587. The van der Waals surface area contributed by atoms with Crippen LogP contribution in [-0.4, -0.2) is 41.1 Å². The van der Waals surface area contributed by atoms with Gasteiger partial charge in [0, 0.05) is 30.1 Å². The Morgan fingerprint density at radius 1 is 1.11 bits per heavy atom. The van der Waals surface area contributed by atoms with E-state index in [1.54, 1.807) is 28.8 Å². The van der Waals surface area contributed by atoms with Gasteiger partial charge >= 0.3 is 0 Å². The third kappa shape index (κ3) is 4.09. The predicted octanol–water partition coefficient (Wildman–Crippen LogP) is 3.45. The molecule has 0 aliphatic carbocycles. The molecule has 8 nitrogen and oxygen atoms in total. The van der Waals surface area contributed by atoms with E-state index in [-0.39, 0.29) is 0 Å². The summed E-state index contributed by atoms with van der Waals surface area (Å²) in [5.74, 6) is 2.06. The Kier molecular flexibility index (Phi) is 5.43. The minimum atomic E-state index is 0.587. The van der Waals surface area contributed by atoms with E-state index in [1.807, 2.05) is 12.1 Å². The molecule has 0 amide bonds. The fraction of sp³-hybridized carbons (Fsp3) is 0.263. The molecule has 4 rings (SSSR count). The second kappa shape index (κ2) is 8.30. The van der Waals surface area contributed by atoms with Crippen LogP contribution in [0.2, 0.25) is 0 Å². The lowest BCUT2D eigenvalue weighted by atomic mass is 10.1. The fourth-order valence-corrected chi connectivity index (χ4v) is 3.55. The van der Waals surface area contributed by atoms with Crippen molar-refractivity contribution < 1.29 is 4.52 Å². The standard InChI is InChI=1S/C19H19N7OS/c1-13-5-6-14(2)16(12-13)26-19(22-24-25-26)28-11-3-4-17-21-18(23-27-17)15-7-9-20-10-8-15/h5-10,12H,3-4,11H2,1-2H3. The average molecular weight is 393 g/mol. The summed E-state index contributed by atoms with van der Waals surface area (Å²) in [6, 6.07) is 9.97. The Labute approximate surface area is 166 Å². The minimum Gasteiger partial charge on any atom is -0.339 e. The third-order valence-electron chi connectivity index (χ3n) is 4.21. The van der Waals surface area contributed by atoms with Crippen LogP contribution in [0, 0.1) is 13.8 Å².